The number of methoxy groups -OCH3 is 1. The van der Waals surface area contributed by atoms with Crippen LogP contribution in [0.2, 0.25) is 0 Å². The van der Waals surface area contributed by atoms with E-state index in [2.05, 4.69) is 12.1 Å². The topological polar surface area (TPSA) is 55.8 Å². The second-order valence-corrected chi connectivity index (χ2v) is 8.48. The molecule has 3 aromatic rings. The van der Waals surface area contributed by atoms with Crippen molar-refractivity contribution >= 4 is 11.7 Å². The number of benzene rings is 3. The van der Waals surface area contributed by atoms with Gasteiger partial charge < -0.3 is 14.4 Å². The van der Waals surface area contributed by atoms with Crippen LogP contribution in [0, 0.1) is 0 Å². The maximum Gasteiger partial charge on any atom is 0.253 e. The molecule has 0 aromatic heterocycles. The van der Waals surface area contributed by atoms with Crippen molar-refractivity contribution in [3.63, 3.8) is 0 Å². The number of likely N-dealkylation sites (tertiary alicyclic amines) is 1. The van der Waals surface area contributed by atoms with Crippen LogP contribution in [-0.2, 0) is 0 Å². The summed E-state index contributed by atoms with van der Waals surface area (Å²) in [6.07, 6.45) is 1.60. The van der Waals surface area contributed by atoms with Gasteiger partial charge in [-0.3, -0.25) is 9.59 Å². The molecule has 2 aliphatic heterocycles. The number of fused-ring (bicyclic) bond motifs is 1. The van der Waals surface area contributed by atoms with Gasteiger partial charge in [-0.2, -0.15) is 0 Å². The third kappa shape index (κ3) is 3.75. The first-order chi connectivity index (χ1) is 15.6. The summed E-state index contributed by atoms with van der Waals surface area (Å²) in [6, 6.07) is 23.2. The van der Waals surface area contributed by atoms with E-state index in [1.807, 2.05) is 47.4 Å². The molecule has 1 spiro atoms. The Labute approximate surface area is 187 Å². The van der Waals surface area contributed by atoms with Gasteiger partial charge >= 0.3 is 0 Å². The Hall–Kier alpha value is -3.60. The van der Waals surface area contributed by atoms with Gasteiger partial charge in [-0.05, 0) is 35.4 Å². The summed E-state index contributed by atoms with van der Waals surface area (Å²) in [5.74, 6) is 1.35. The summed E-state index contributed by atoms with van der Waals surface area (Å²) in [5, 5.41) is 0. The molecule has 3 aromatic carbocycles. The zero-order valence-electron chi connectivity index (χ0n) is 18.0. The SMILES string of the molecule is COc1ccc2c(c1)OC1(CCN(C(=O)c3ccc(-c4ccccc4)cc3)CC1)CC2=O. The average Bonchev–Trinajstić information content (AvgIpc) is 2.84. The van der Waals surface area contributed by atoms with E-state index in [9.17, 15) is 9.59 Å². The number of hydrogen-bond acceptors (Lipinski definition) is 4. The molecule has 0 atom stereocenters. The molecule has 1 saturated heterocycles. The number of carbonyl (C=O) groups excluding carboxylic acids is 2. The monoisotopic (exact) mass is 427 g/mol. The van der Waals surface area contributed by atoms with Crippen molar-refractivity contribution in [1.82, 2.24) is 4.90 Å². The first-order valence-corrected chi connectivity index (χ1v) is 10.9. The lowest BCUT2D eigenvalue weighted by molar-refractivity contribution is -0.00580. The number of piperidine rings is 1. The first kappa shape index (κ1) is 20.3. The summed E-state index contributed by atoms with van der Waals surface area (Å²) < 4.78 is 11.6. The highest BCUT2D eigenvalue weighted by molar-refractivity contribution is 6.00. The highest BCUT2D eigenvalue weighted by Gasteiger charge is 2.43. The number of Topliss-reactive ketones (excluding diaryl/α,β-unsaturated/α-hetero) is 1. The molecule has 0 radical (unpaired) electrons. The van der Waals surface area contributed by atoms with Crippen molar-refractivity contribution in [2.75, 3.05) is 20.2 Å². The lowest BCUT2D eigenvalue weighted by Gasteiger charge is -2.44. The van der Waals surface area contributed by atoms with Gasteiger partial charge in [-0.1, -0.05) is 42.5 Å². The summed E-state index contributed by atoms with van der Waals surface area (Å²) in [5.41, 5.74) is 2.94. The van der Waals surface area contributed by atoms with Crippen LogP contribution in [0.1, 0.15) is 40.0 Å². The summed E-state index contributed by atoms with van der Waals surface area (Å²) in [4.78, 5) is 27.7. The molecule has 5 heteroatoms. The zero-order chi connectivity index (χ0) is 22.1. The molecular weight excluding hydrogens is 402 g/mol. The molecule has 2 heterocycles. The van der Waals surface area contributed by atoms with Gasteiger partial charge in [-0.25, -0.2) is 0 Å². The maximum atomic E-state index is 13.1. The Kier molecular flexibility index (Phi) is 5.17. The first-order valence-electron chi connectivity index (χ1n) is 10.9. The Bertz CT molecular complexity index is 1150. The number of carbonyl (C=O) groups is 2. The van der Waals surface area contributed by atoms with Crippen molar-refractivity contribution < 1.29 is 19.1 Å². The highest BCUT2D eigenvalue weighted by Crippen LogP contribution is 2.41. The Morgan fingerprint density at radius 1 is 0.938 bits per heavy atom. The van der Waals surface area contributed by atoms with Gasteiger partial charge in [0.2, 0.25) is 0 Å². The fraction of sp³-hybridized carbons (Fsp3) is 0.259. The minimum absolute atomic E-state index is 0.0173. The normalized spacial score (nSPS) is 16.9. The van der Waals surface area contributed by atoms with Crippen LogP contribution < -0.4 is 9.47 Å². The third-order valence-corrected chi connectivity index (χ3v) is 6.50. The van der Waals surface area contributed by atoms with Crippen LogP contribution in [0.15, 0.2) is 72.8 Å². The second-order valence-electron chi connectivity index (χ2n) is 8.48. The number of hydrogen-bond donors (Lipinski definition) is 0. The minimum Gasteiger partial charge on any atom is -0.497 e. The largest absolute Gasteiger partial charge is 0.497 e. The number of ketones is 1. The van der Waals surface area contributed by atoms with E-state index in [4.69, 9.17) is 9.47 Å². The molecule has 162 valence electrons. The van der Waals surface area contributed by atoms with Gasteiger partial charge in [0.1, 0.15) is 17.1 Å². The van der Waals surface area contributed by atoms with Crippen molar-refractivity contribution in [2.45, 2.75) is 24.9 Å². The summed E-state index contributed by atoms with van der Waals surface area (Å²) in [6.45, 7) is 1.12. The molecule has 2 aliphatic rings. The molecule has 0 bridgehead atoms. The Morgan fingerprint density at radius 2 is 1.62 bits per heavy atom. The molecule has 32 heavy (non-hydrogen) atoms. The van der Waals surface area contributed by atoms with Crippen LogP contribution in [0.5, 0.6) is 11.5 Å². The number of amides is 1. The minimum atomic E-state index is -0.551. The quantitative estimate of drug-likeness (QED) is 0.590. The predicted octanol–water partition coefficient (Wildman–Crippen LogP) is 5.00. The van der Waals surface area contributed by atoms with Crippen LogP contribution in [0.25, 0.3) is 11.1 Å². The fourth-order valence-electron chi connectivity index (χ4n) is 4.62. The zero-order valence-corrected chi connectivity index (χ0v) is 18.0. The summed E-state index contributed by atoms with van der Waals surface area (Å²) >= 11 is 0. The van der Waals surface area contributed by atoms with Gasteiger partial charge in [0, 0.05) is 37.6 Å². The van der Waals surface area contributed by atoms with Crippen molar-refractivity contribution in [3.05, 3.63) is 83.9 Å². The molecule has 1 fully saturated rings. The highest BCUT2D eigenvalue weighted by atomic mass is 16.5. The van der Waals surface area contributed by atoms with Gasteiger partial charge in [0.05, 0.1) is 19.1 Å². The summed E-state index contributed by atoms with van der Waals surface area (Å²) in [7, 11) is 1.60. The standard InChI is InChI=1S/C27H25NO4/c1-31-22-11-12-23-24(29)18-27(32-25(23)17-22)13-15-28(16-14-27)26(30)21-9-7-20(8-10-21)19-5-3-2-4-6-19/h2-12,17H,13-16,18H2,1H3. The molecule has 0 N–H and O–H groups in total. The molecule has 1 amide bonds. The van der Waals surface area contributed by atoms with Crippen LogP contribution in [0.3, 0.4) is 0 Å². The van der Waals surface area contributed by atoms with E-state index in [-0.39, 0.29) is 11.7 Å². The Balaban J connectivity index is 1.27. The van der Waals surface area contributed by atoms with E-state index in [1.165, 1.54) is 0 Å². The van der Waals surface area contributed by atoms with E-state index in [0.717, 1.165) is 11.1 Å². The lowest BCUT2D eigenvalue weighted by atomic mass is 9.82. The van der Waals surface area contributed by atoms with Gasteiger partial charge in [0.25, 0.3) is 5.91 Å². The van der Waals surface area contributed by atoms with Crippen LogP contribution in [0.4, 0.5) is 0 Å². The predicted molar refractivity (Wildman–Crippen MR) is 122 cm³/mol. The van der Waals surface area contributed by atoms with Crippen molar-refractivity contribution in [1.29, 1.82) is 0 Å². The van der Waals surface area contributed by atoms with Crippen molar-refractivity contribution in [2.24, 2.45) is 0 Å². The molecular formula is C27H25NO4. The van der Waals surface area contributed by atoms with Gasteiger partial charge in [0.15, 0.2) is 5.78 Å². The van der Waals surface area contributed by atoms with E-state index in [0.29, 0.717) is 55.0 Å². The van der Waals surface area contributed by atoms with E-state index in [1.54, 1.807) is 25.3 Å². The number of ether oxygens (including phenoxy) is 2. The second kappa shape index (κ2) is 8.15. The van der Waals surface area contributed by atoms with E-state index < -0.39 is 5.60 Å². The molecule has 0 aliphatic carbocycles. The fourth-order valence-corrected chi connectivity index (χ4v) is 4.62. The molecule has 5 rings (SSSR count). The average molecular weight is 428 g/mol. The number of nitrogens with zero attached hydrogens (tertiary/aromatic N) is 1. The maximum absolute atomic E-state index is 13.1. The van der Waals surface area contributed by atoms with Crippen LogP contribution >= 0.6 is 0 Å². The molecule has 0 saturated carbocycles. The number of rotatable bonds is 3. The van der Waals surface area contributed by atoms with E-state index >= 15 is 0 Å². The third-order valence-electron chi connectivity index (χ3n) is 6.50. The van der Waals surface area contributed by atoms with Crippen molar-refractivity contribution in [3.8, 4) is 22.6 Å². The van der Waals surface area contributed by atoms with Crippen LogP contribution in [-0.4, -0.2) is 42.4 Å². The molecule has 0 unspecified atom stereocenters. The van der Waals surface area contributed by atoms with Gasteiger partial charge in [-0.15, -0.1) is 0 Å². The molecule has 5 nitrogen and oxygen atoms in total. The smallest absolute Gasteiger partial charge is 0.253 e. The lowest BCUT2D eigenvalue weighted by Crippen LogP contribution is -2.52. The Morgan fingerprint density at radius 3 is 2.31 bits per heavy atom.